The summed E-state index contributed by atoms with van der Waals surface area (Å²) in [6.07, 6.45) is 4.80. The number of hydrogen-bond donors (Lipinski definition) is 4. The molecule has 1 saturated heterocycles. The first-order chi connectivity index (χ1) is 20.2. The van der Waals surface area contributed by atoms with Gasteiger partial charge in [-0.25, -0.2) is 9.78 Å². The fraction of sp³-hybridized carbons (Fsp3) is 0.438. The first-order valence-electron chi connectivity index (χ1n) is 14.6. The molecule has 10 nitrogen and oxygen atoms in total. The van der Waals surface area contributed by atoms with Crippen molar-refractivity contribution in [2.75, 3.05) is 13.7 Å². The molecule has 1 saturated carbocycles. The molecule has 3 aromatic rings. The van der Waals surface area contributed by atoms with Gasteiger partial charge in [-0.05, 0) is 66.8 Å². The number of likely N-dealkylation sites (tertiary alicyclic amines) is 1. The number of hydrogen-bond acceptors (Lipinski definition) is 6. The van der Waals surface area contributed by atoms with E-state index in [0.717, 1.165) is 60.3 Å². The van der Waals surface area contributed by atoms with Crippen molar-refractivity contribution >= 4 is 17.9 Å². The van der Waals surface area contributed by atoms with Gasteiger partial charge in [-0.3, -0.25) is 9.59 Å². The van der Waals surface area contributed by atoms with E-state index in [-0.39, 0.29) is 29.8 Å². The summed E-state index contributed by atoms with van der Waals surface area (Å²) in [5.41, 5.74) is 4.39. The van der Waals surface area contributed by atoms with E-state index in [1.165, 1.54) is 7.11 Å². The predicted molar refractivity (Wildman–Crippen MR) is 158 cm³/mol. The molecular weight excluding hydrogens is 534 g/mol. The minimum atomic E-state index is -0.677. The Hall–Kier alpha value is -4.18. The first kappa shape index (κ1) is 29.3. The summed E-state index contributed by atoms with van der Waals surface area (Å²) in [6.45, 7) is 4.39. The topological polar surface area (TPSA) is 137 Å². The Morgan fingerprint density at radius 3 is 2.26 bits per heavy atom. The molecule has 2 aromatic carbocycles. The van der Waals surface area contributed by atoms with Crippen molar-refractivity contribution < 1.29 is 24.2 Å². The van der Waals surface area contributed by atoms with Gasteiger partial charge in [-0.2, -0.15) is 0 Å². The number of nitrogens with zero attached hydrogens (tertiary/aromatic N) is 2. The number of imidazole rings is 1. The molecule has 4 atom stereocenters. The van der Waals surface area contributed by atoms with Crippen molar-refractivity contribution in [3.63, 3.8) is 0 Å². The van der Waals surface area contributed by atoms with Gasteiger partial charge in [-0.1, -0.05) is 50.2 Å². The number of aromatic nitrogens is 2. The number of carbonyl (C=O) groups is 3. The second-order valence-corrected chi connectivity index (χ2v) is 11.5. The van der Waals surface area contributed by atoms with Gasteiger partial charge in [0.25, 0.3) is 5.91 Å². The maximum Gasteiger partial charge on any atom is 0.407 e. The molecule has 0 bridgehead atoms. The molecule has 2 heterocycles. The molecule has 3 amide bonds. The van der Waals surface area contributed by atoms with Crippen molar-refractivity contribution in [3.8, 4) is 22.4 Å². The van der Waals surface area contributed by atoms with Crippen LogP contribution in [0.2, 0.25) is 0 Å². The molecule has 0 unspecified atom stereocenters. The number of aliphatic hydroxyl groups is 1. The van der Waals surface area contributed by atoms with Crippen molar-refractivity contribution in [1.82, 2.24) is 25.5 Å². The number of benzene rings is 2. The number of nitrogens with one attached hydrogen (secondary N) is 3. The van der Waals surface area contributed by atoms with Crippen LogP contribution >= 0.6 is 0 Å². The summed E-state index contributed by atoms with van der Waals surface area (Å²) in [6, 6.07) is 14.5. The van der Waals surface area contributed by atoms with Crippen molar-refractivity contribution in [3.05, 3.63) is 66.1 Å². The molecule has 0 radical (unpaired) electrons. The fourth-order valence-corrected chi connectivity index (χ4v) is 5.86. The second-order valence-electron chi connectivity index (χ2n) is 11.5. The van der Waals surface area contributed by atoms with Gasteiger partial charge in [0.1, 0.15) is 11.9 Å². The van der Waals surface area contributed by atoms with Crippen LogP contribution in [0, 0.1) is 5.92 Å². The number of H-pyrrole nitrogens is 1. The van der Waals surface area contributed by atoms with Crippen LogP contribution in [0.5, 0.6) is 0 Å². The summed E-state index contributed by atoms with van der Waals surface area (Å²) < 4.78 is 4.72. The van der Waals surface area contributed by atoms with Gasteiger partial charge in [0.15, 0.2) is 0 Å². The zero-order chi connectivity index (χ0) is 29.8. The maximum absolute atomic E-state index is 13.4. The van der Waals surface area contributed by atoms with E-state index < -0.39 is 18.2 Å². The van der Waals surface area contributed by atoms with E-state index in [1.54, 1.807) is 23.2 Å². The van der Waals surface area contributed by atoms with Gasteiger partial charge < -0.3 is 30.4 Å². The van der Waals surface area contributed by atoms with Crippen LogP contribution in [0.25, 0.3) is 22.4 Å². The van der Waals surface area contributed by atoms with Crippen LogP contribution in [-0.2, 0) is 9.53 Å². The summed E-state index contributed by atoms with van der Waals surface area (Å²) in [5.74, 6) is 0.321. The lowest BCUT2D eigenvalue weighted by molar-refractivity contribution is -0.135. The lowest BCUT2D eigenvalue weighted by Gasteiger charge is -2.30. The minimum Gasteiger partial charge on any atom is -0.453 e. The fourth-order valence-electron chi connectivity index (χ4n) is 5.86. The normalized spacial score (nSPS) is 20.9. The van der Waals surface area contributed by atoms with Crippen LogP contribution in [0.3, 0.4) is 0 Å². The van der Waals surface area contributed by atoms with Gasteiger partial charge in [-0.15, -0.1) is 0 Å². The van der Waals surface area contributed by atoms with E-state index in [4.69, 9.17) is 4.74 Å². The third-order valence-electron chi connectivity index (χ3n) is 8.31. The number of ether oxygens (including phenoxy) is 1. The monoisotopic (exact) mass is 573 g/mol. The molecule has 2 fully saturated rings. The molecule has 2 aliphatic rings. The van der Waals surface area contributed by atoms with Crippen molar-refractivity contribution in [2.45, 2.75) is 70.2 Å². The number of alkyl carbamates (subject to hydrolysis) is 1. The number of rotatable bonds is 8. The van der Waals surface area contributed by atoms with Crippen LogP contribution in [0.4, 0.5) is 4.79 Å². The number of carbonyl (C=O) groups excluding carboxylic acids is 3. The molecule has 5 rings (SSSR count). The molecule has 4 N–H and O–H groups in total. The van der Waals surface area contributed by atoms with Crippen molar-refractivity contribution in [2.24, 2.45) is 5.92 Å². The van der Waals surface area contributed by atoms with Gasteiger partial charge in [0.2, 0.25) is 5.91 Å². The number of amides is 3. The molecule has 1 aromatic heterocycles. The number of methoxy groups -OCH3 is 1. The highest BCUT2D eigenvalue weighted by Gasteiger charge is 2.37. The average Bonchev–Trinajstić information content (AvgIpc) is 3.77. The Bertz CT molecular complexity index is 1400. The van der Waals surface area contributed by atoms with E-state index in [9.17, 15) is 19.5 Å². The van der Waals surface area contributed by atoms with E-state index in [0.29, 0.717) is 12.1 Å². The Morgan fingerprint density at radius 2 is 1.64 bits per heavy atom. The van der Waals surface area contributed by atoms with Gasteiger partial charge >= 0.3 is 6.09 Å². The number of aromatic amines is 1. The lowest BCUT2D eigenvalue weighted by atomic mass is 10.0. The zero-order valence-electron chi connectivity index (χ0n) is 24.3. The Morgan fingerprint density at radius 1 is 0.976 bits per heavy atom. The Kier molecular flexibility index (Phi) is 8.91. The first-order valence-corrected chi connectivity index (χ1v) is 14.6. The Labute approximate surface area is 245 Å². The number of aliphatic hydroxyl groups excluding tert-OH is 1. The summed E-state index contributed by atoms with van der Waals surface area (Å²) in [5, 5.41) is 15.6. The van der Waals surface area contributed by atoms with E-state index in [1.807, 2.05) is 50.2 Å². The van der Waals surface area contributed by atoms with Crippen LogP contribution in [0.1, 0.15) is 68.2 Å². The molecular formula is C32H39N5O5. The molecule has 10 heteroatoms. The second kappa shape index (κ2) is 12.8. The zero-order valence-corrected chi connectivity index (χ0v) is 24.3. The molecule has 222 valence electrons. The lowest BCUT2D eigenvalue weighted by Crippen LogP contribution is -2.51. The smallest absolute Gasteiger partial charge is 0.407 e. The molecule has 1 aliphatic heterocycles. The van der Waals surface area contributed by atoms with Gasteiger partial charge in [0, 0.05) is 12.1 Å². The third kappa shape index (κ3) is 6.33. The van der Waals surface area contributed by atoms with Gasteiger partial charge in [0.05, 0.1) is 37.2 Å². The predicted octanol–water partition coefficient (Wildman–Crippen LogP) is 4.43. The standard InChI is InChI=1S/C32H39N5O5/c1-19(2)28(36-32(41)42-3)31(40)37-17-5-7-26(37)29-33-18-25(34-29)22-13-9-20(10-14-22)21-11-15-23(16-12-21)30(39)35-24-6-4-8-27(24)38/h9-16,18-19,24,26-28,38H,4-8,17H2,1-3H3,(H,33,34)(H,35,39)(H,36,41)/t24-,26+,27-,28+/m1/s1. The molecule has 1 aliphatic carbocycles. The Balaban J connectivity index is 1.25. The highest BCUT2D eigenvalue weighted by atomic mass is 16.5. The molecule has 0 spiro atoms. The quantitative estimate of drug-likeness (QED) is 0.315. The summed E-state index contributed by atoms with van der Waals surface area (Å²) in [7, 11) is 1.29. The average molecular weight is 574 g/mol. The SMILES string of the molecule is COC(=O)N[C@H](C(=O)N1CCC[C@H]1c1ncc(-c2ccc(-c3ccc(C(=O)N[C@@H]4CCC[C@H]4O)cc3)cc2)[nH]1)C(C)C. The van der Waals surface area contributed by atoms with Crippen LogP contribution in [-0.4, -0.2) is 69.7 Å². The summed E-state index contributed by atoms with van der Waals surface area (Å²) >= 11 is 0. The van der Waals surface area contributed by atoms with E-state index >= 15 is 0 Å². The summed E-state index contributed by atoms with van der Waals surface area (Å²) in [4.78, 5) is 47.7. The highest BCUT2D eigenvalue weighted by molar-refractivity contribution is 5.95. The van der Waals surface area contributed by atoms with Crippen LogP contribution < -0.4 is 10.6 Å². The van der Waals surface area contributed by atoms with Crippen LogP contribution in [0.15, 0.2) is 54.7 Å². The van der Waals surface area contributed by atoms with Crippen molar-refractivity contribution in [1.29, 1.82) is 0 Å². The third-order valence-corrected chi connectivity index (χ3v) is 8.31. The largest absolute Gasteiger partial charge is 0.453 e. The van der Waals surface area contributed by atoms with E-state index in [2.05, 4.69) is 20.6 Å². The maximum atomic E-state index is 13.4. The minimum absolute atomic E-state index is 0.0946. The molecule has 42 heavy (non-hydrogen) atoms. The highest BCUT2D eigenvalue weighted by Crippen LogP contribution is 2.33.